The van der Waals surface area contributed by atoms with Crippen molar-refractivity contribution in [1.82, 2.24) is 10.6 Å². The van der Waals surface area contributed by atoms with Crippen LogP contribution < -0.4 is 10.6 Å². The molecule has 0 aromatic rings. The molecule has 0 radical (unpaired) electrons. The lowest BCUT2D eigenvalue weighted by atomic mass is 10.1. The van der Waals surface area contributed by atoms with Crippen molar-refractivity contribution in [2.75, 3.05) is 13.1 Å². The molecule has 2 aliphatic rings. The molecule has 1 amide bonds. The second-order valence-electron chi connectivity index (χ2n) is 3.03. The Morgan fingerprint density at radius 1 is 1.55 bits per heavy atom. The van der Waals surface area contributed by atoms with E-state index >= 15 is 0 Å². The second kappa shape index (κ2) is 2.70. The number of hydrogen-bond acceptors (Lipinski definition) is 3. The standard InChI is InChI=1S/C7H12N2O2/c10-7-9-4-6(11-7)5-2-1-3-8-5/h5-6,8H,1-4H2,(H,9,10). The van der Waals surface area contributed by atoms with Crippen molar-refractivity contribution in [1.29, 1.82) is 0 Å². The zero-order chi connectivity index (χ0) is 7.68. The molecule has 11 heavy (non-hydrogen) atoms. The average molecular weight is 156 g/mol. The largest absolute Gasteiger partial charge is 0.443 e. The normalized spacial score (nSPS) is 36.9. The third-order valence-electron chi connectivity index (χ3n) is 2.25. The molecule has 2 rings (SSSR count). The van der Waals surface area contributed by atoms with Crippen LogP contribution in [0.25, 0.3) is 0 Å². The van der Waals surface area contributed by atoms with Gasteiger partial charge in [0.1, 0.15) is 6.10 Å². The van der Waals surface area contributed by atoms with Crippen LogP contribution in [0.2, 0.25) is 0 Å². The molecule has 0 bridgehead atoms. The highest BCUT2D eigenvalue weighted by molar-refractivity contribution is 5.69. The van der Waals surface area contributed by atoms with Gasteiger partial charge in [0, 0.05) is 6.04 Å². The van der Waals surface area contributed by atoms with Crippen LogP contribution in [0.3, 0.4) is 0 Å². The molecule has 2 atom stereocenters. The van der Waals surface area contributed by atoms with Crippen molar-refractivity contribution in [3.05, 3.63) is 0 Å². The number of carbonyl (C=O) groups excluding carboxylic acids is 1. The molecule has 2 heterocycles. The third-order valence-corrected chi connectivity index (χ3v) is 2.25. The van der Waals surface area contributed by atoms with Gasteiger partial charge in [-0.1, -0.05) is 0 Å². The lowest BCUT2D eigenvalue weighted by Gasteiger charge is -2.15. The minimum absolute atomic E-state index is 0.0602. The fraction of sp³-hybridized carbons (Fsp3) is 0.857. The molecular formula is C7H12N2O2. The van der Waals surface area contributed by atoms with Crippen molar-refractivity contribution in [2.45, 2.75) is 25.0 Å². The summed E-state index contributed by atoms with van der Waals surface area (Å²) in [5, 5.41) is 5.95. The molecule has 2 saturated heterocycles. The zero-order valence-electron chi connectivity index (χ0n) is 6.30. The van der Waals surface area contributed by atoms with Gasteiger partial charge in [-0.15, -0.1) is 0 Å². The molecule has 0 aromatic heterocycles. The van der Waals surface area contributed by atoms with E-state index in [0.717, 1.165) is 13.0 Å². The highest BCUT2D eigenvalue weighted by Gasteiger charge is 2.31. The van der Waals surface area contributed by atoms with Gasteiger partial charge < -0.3 is 15.4 Å². The van der Waals surface area contributed by atoms with Gasteiger partial charge in [-0.05, 0) is 19.4 Å². The Morgan fingerprint density at radius 2 is 2.45 bits per heavy atom. The summed E-state index contributed by atoms with van der Waals surface area (Å²) in [6.45, 7) is 1.72. The Kier molecular flexibility index (Phi) is 1.69. The topological polar surface area (TPSA) is 50.4 Å². The van der Waals surface area contributed by atoms with Crippen LogP contribution in [0.15, 0.2) is 0 Å². The quantitative estimate of drug-likeness (QED) is 0.555. The van der Waals surface area contributed by atoms with Crippen LogP contribution in [0.1, 0.15) is 12.8 Å². The molecule has 4 nitrogen and oxygen atoms in total. The smallest absolute Gasteiger partial charge is 0.407 e. The monoisotopic (exact) mass is 156 g/mol. The van der Waals surface area contributed by atoms with E-state index in [1.54, 1.807) is 0 Å². The molecule has 4 heteroatoms. The number of alkyl carbamates (subject to hydrolysis) is 1. The molecule has 0 spiro atoms. The van der Waals surface area contributed by atoms with Gasteiger partial charge >= 0.3 is 6.09 Å². The fourth-order valence-corrected chi connectivity index (χ4v) is 1.66. The van der Waals surface area contributed by atoms with Gasteiger partial charge in [-0.2, -0.15) is 0 Å². The first kappa shape index (κ1) is 6.91. The van der Waals surface area contributed by atoms with E-state index in [4.69, 9.17) is 4.74 Å². The lowest BCUT2D eigenvalue weighted by molar-refractivity contribution is 0.121. The highest BCUT2D eigenvalue weighted by atomic mass is 16.6. The van der Waals surface area contributed by atoms with Crippen molar-refractivity contribution in [3.63, 3.8) is 0 Å². The molecule has 2 unspecified atom stereocenters. The molecule has 0 saturated carbocycles. The fourth-order valence-electron chi connectivity index (χ4n) is 1.66. The Bertz CT molecular complexity index is 166. The van der Waals surface area contributed by atoms with Crippen LogP contribution in [0.5, 0.6) is 0 Å². The van der Waals surface area contributed by atoms with Gasteiger partial charge in [0.15, 0.2) is 0 Å². The summed E-state index contributed by atoms with van der Waals surface area (Å²) in [5.41, 5.74) is 0. The maximum Gasteiger partial charge on any atom is 0.407 e. The Hall–Kier alpha value is -0.770. The minimum atomic E-state index is -0.274. The Balaban J connectivity index is 1.90. The van der Waals surface area contributed by atoms with Crippen molar-refractivity contribution < 1.29 is 9.53 Å². The number of hydrogen-bond donors (Lipinski definition) is 2. The second-order valence-corrected chi connectivity index (χ2v) is 3.03. The molecule has 2 aliphatic heterocycles. The van der Waals surface area contributed by atoms with Gasteiger partial charge in [-0.25, -0.2) is 4.79 Å². The number of rotatable bonds is 1. The summed E-state index contributed by atoms with van der Waals surface area (Å²) in [5.74, 6) is 0. The van der Waals surface area contributed by atoms with Gasteiger partial charge in [0.25, 0.3) is 0 Å². The molecule has 2 fully saturated rings. The predicted octanol–water partition coefficient (Wildman–Crippen LogP) is -0.153. The summed E-state index contributed by atoms with van der Waals surface area (Å²) in [6.07, 6.45) is 2.10. The van der Waals surface area contributed by atoms with E-state index in [1.807, 2.05) is 0 Å². The number of ether oxygens (including phenoxy) is 1. The SMILES string of the molecule is O=C1NCC(C2CCCN2)O1. The Morgan fingerprint density at radius 3 is 3.00 bits per heavy atom. The van der Waals surface area contributed by atoms with E-state index in [-0.39, 0.29) is 12.2 Å². The number of nitrogens with one attached hydrogen (secondary N) is 2. The summed E-state index contributed by atoms with van der Waals surface area (Å²) in [7, 11) is 0. The molecule has 0 aromatic carbocycles. The summed E-state index contributed by atoms with van der Waals surface area (Å²) >= 11 is 0. The first-order valence-electron chi connectivity index (χ1n) is 4.04. The van der Waals surface area contributed by atoms with Crippen LogP contribution in [0.4, 0.5) is 4.79 Å². The summed E-state index contributed by atoms with van der Waals surface area (Å²) < 4.78 is 5.03. The van der Waals surface area contributed by atoms with E-state index in [9.17, 15) is 4.79 Å². The van der Waals surface area contributed by atoms with E-state index in [0.29, 0.717) is 12.6 Å². The van der Waals surface area contributed by atoms with Crippen LogP contribution in [-0.2, 0) is 4.74 Å². The lowest BCUT2D eigenvalue weighted by Crippen LogP contribution is -2.37. The first-order chi connectivity index (χ1) is 5.36. The Labute approximate surface area is 65.3 Å². The maximum absolute atomic E-state index is 10.6. The minimum Gasteiger partial charge on any atom is -0.443 e. The molecule has 2 N–H and O–H groups in total. The van der Waals surface area contributed by atoms with E-state index < -0.39 is 0 Å². The molecule has 0 aliphatic carbocycles. The van der Waals surface area contributed by atoms with E-state index in [1.165, 1.54) is 6.42 Å². The maximum atomic E-state index is 10.6. The summed E-state index contributed by atoms with van der Waals surface area (Å²) in [4.78, 5) is 10.6. The van der Waals surface area contributed by atoms with Gasteiger partial charge in [0.05, 0.1) is 6.54 Å². The highest BCUT2D eigenvalue weighted by Crippen LogP contribution is 2.14. The van der Waals surface area contributed by atoms with Crippen LogP contribution in [-0.4, -0.2) is 31.3 Å². The first-order valence-corrected chi connectivity index (χ1v) is 4.04. The van der Waals surface area contributed by atoms with Crippen molar-refractivity contribution in [2.24, 2.45) is 0 Å². The number of amides is 1. The zero-order valence-corrected chi connectivity index (χ0v) is 6.30. The molecule has 62 valence electrons. The van der Waals surface area contributed by atoms with E-state index in [2.05, 4.69) is 10.6 Å². The third kappa shape index (κ3) is 1.30. The van der Waals surface area contributed by atoms with Gasteiger partial charge in [-0.3, -0.25) is 0 Å². The van der Waals surface area contributed by atoms with Crippen LogP contribution >= 0.6 is 0 Å². The van der Waals surface area contributed by atoms with Crippen molar-refractivity contribution >= 4 is 6.09 Å². The average Bonchev–Trinajstić information content (AvgIpc) is 2.55. The number of carbonyl (C=O) groups is 1. The van der Waals surface area contributed by atoms with Gasteiger partial charge in [0.2, 0.25) is 0 Å². The van der Waals surface area contributed by atoms with Crippen molar-refractivity contribution in [3.8, 4) is 0 Å². The summed E-state index contributed by atoms with van der Waals surface area (Å²) in [6, 6.07) is 0.383. The molecular weight excluding hydrogens is 144 g/mol. The predicted molar refractivity (Wildman–Crippen MR) is 39.3 cm³/mol. The van der Waals surface area contributed by atoms with Crippen LogP contribution in [0, 0.1) is 0 Å². The number of cyclic esters (lactones) is 1.